The molecule has 1 N–H and O–H groups in total. The van der Waals surface area contributed by atoms with Crippen molar-refractivity contribution in [3.63, 3.8) is 0 Å². The molecule has 0 radical (unpaired) electrons. The Morgan fingerprint density at radius 2 is 1.79 bits per heavy atom. The number of aliphatic carboxylic acids is 1. The van der Waals surface area contributed by atoms with Crippen LogP contribution in [0.4, 0.5) is 4.39 Å². The molecule has 0 fully saturated rings. The average molecular weight is 276 g/mol. The Kier molecular flexibility index (Phi) is 4.58. The fraction of sp³-hybridized carbons (Fsp3) is 0.133. The summed E-state index contributed by atoms with van der Waals surface area (Å²) in [7, 11) is 0. The molecule has 0 amide bonds. The van der Waals surface area contributed by atoms with Crippen molar-refractivity contribution >= 4 is 17.7 Å². The fourth-order valence-corrected chi connectivity index (χ4v) is 2.44. The third kappa shape index (κ3) is 3.83. The van der Waals surface area contributed by atoms with E-state index in [1.165, 1.54) is 17.8 Å². The van der Waals surface area contributed by atoms with E-state index >= 15 is 0 Å². The Bertz CT molecular complexity index is 567. The van der Waals surface area contributed by atoms with Crippen LogP contribution in [0.2, 0.25) is 0 Å². The van der Waals surface area contributed by atoms with Gasteiger partial charge in [-0.2, -0.15) is 0 Å². The summed E-state index contributed by atoms with van der Waals surface area (Å²) in [5.74, 6) is -0.317. The molecule has 2 aromatic carbocycles. The maximum Gasteiger partial charge on any atom is 0.313 e. The summed E-state index contributed by atoms with van der Waals surface area (Å²) in [4.78, 5) is 10.4. The van der Waals surface area contributed by atoms with Crippen LogP contribution in [0.25, 0.3) is 11.1 Å². The van der Waals surface area contributed by atoms with Crippen molar-refractivity contribution < 1.29 is 14.3 Å². The summed E-state index contributed by atoms with van der Waals surface area (Å²) in [6.07, 6.45) is 0. The minimum Gasteiger partial charge on any atom is -0.481 e. The lowest BCUT2D eigenvalue weighted by molar-refractivity contribution is -0.133. The van der Waals surface area contributed by atoms with Crippen molar-refractivity contribution in [1.82, 2.24) is 0 Å². The fourth-order valence-electron chi connectivity index (χ4n) is 1.73. The molecule has 2 rings (SSSR count). The van der Waals surface area contributed by atoms with E-state index < -0.39 is 5.97 Å². The number of benzene rings is 2. The molecular weight excluding hydrogens is 263 g/mol. The van der Waals surface area contributed by atoms with E-state index in [1.54, 1.807) is 18.2 Å². The summed E-state index contributed by atoms with van der Waals surface area (Å²) >= 11 is 1.35. The summed E-state index contributed by atoms with van der Waals surface area (Å²) in [6, 6.07) is 14.2. The van der Waals surface area contributed by atoms with E-state index in [2.05, 4.69) is 0 Å². The van der Waals surface area contributed by atoms with E-state index in [0.717, 1.165) is 11.1 Å². The van der Waals surface area contributed by atoms with Gasteiger partial charge >= 0.3 is 5.97 Å². The van der Waals surface area contributed by atoms with E-state index in [1.807, 2.05) is 24.3 Å². The van der Waals surface area contributed by atoms with Gasteiger partial charge in [0.2, 0.25) is 0 Å². The van der Waals surface area contributed by atoms with Gasteiger partial charge in [0.1, 0.15) is 5.82 Å². The monoisotopic (exact) mass is 276 g/mol. The number of carboxylic acid groups (broad SMARTS) is 1. The highest BCUT2D eigenvalue weighted by molar-refractivity contribution is 7.99. The number of rotatable bonds is 5. The van der Waals surface area contributed by atoms with Crippen LogP contribution in [0.15, 0.2) is 48.5 Å². The van der Waals surface area contributed by atoms with Gasteiger partial charge in [-0.3, -0.25) is 4.79 Å². The maximum absolute atomic E-state index is 13.6. The van der Waals surface area contributed by atoms with Crippen LogP contribution in [0, 0.1) is 5.82 Å². The van der Waals surface area contributed by atoms with Crippen molar-refractivity contribution in [2.75, 3.05) is 5.75 Å². The molecule has 19 heavy (non-hydrogen) atoms. The zero-order valence-electron chi connectivity index (χ0n) is 10.2. The van der Waals surface area contributed by atoms with Gasteiger partial charge in [0.05, 0.1) is 5.75 Å². The lowest BCUT2D eigenvalue weighted by atomic mass is 10.0. The largest absolute Gasteiger partial charge is 0.481 e. The highest BCUT2D eigenvalue weighted by Crippen LogP contribution is 2.23. The van der Waals surface area contributed by atoms with Gasteiger partial charge in [0.15, 0.2) is 0 Å². The molecule has 0 spiro atoms. The average Bonchev–Trinajstić information content (AvgIpc) is 2.40. The Hall–Kier alpha value is -1.81. The molecule has 0 atom stereocenters. The van der Waals surface area contributed by atoms with Crippen molar-refractivity contribution in [3.8, 4) is 11.1 Å². The Balaban J connectivity index is 2.06. The molecule has 0 aliphatic carbocycles. The number of hydrogen-bond acceptors (Lipinski definition) is 2. The van der Waals surface area contributed by atoms with Gasteiger partial charge in [-0.15, -0.1) is 11.8 Å². The Labute approximate surface area is 115 Å². The first-order chi connectivity index (χ1) is 9.16. The van der Waals surface area contributed by atoms with Crippen LogP contribution in [-0.2, 0) is 10.5 Å². The Morgan fingerprint density at radius 1 is 1.11 bits per heavy atom. The molecule has 0 aromatic heterocycles. The molecule has 98 valence electrons. The Morgan fingerprint density at radius 3 is 2.42 bits per heavy atom. The van der Waals surface area contributed by atoms with E-state index in [-0.39, 0.29) is 11.6 Å². The third-order valence-electron chi connectivity index (χ3n) is 2.63. The van der Waals surface area contributed by atoms with Crippen LogP contribution in [0.1, 0.15) is 5.56 Å². The smallest absolute Gasteiger partial charge is 0.313 e. The second-order valence-corrected chi connectivity index (χ2v) is 5.05. The van der Waals surface area contributed by atoms with Crippen LogP contribution in [0.3, 0.4) is 0 Å². The topological polar surface area (TPSA) is 37.3 Å². The van der Waals surface area contributed by atoms with Crippen LogP contribution in [0.5, 0.6) is 0 Å². The second-order valence-electron chi connectivity index (χ2n) is 4.06. The first kappa shape index (κ1) is 13.6. The number of carboxylic acids is 1. The van der Waals surface area contributed by atoms with Gasteiger partial charge in [0.25, 0.3) is 0 Å². The molecule has 0 aliphatic heterocycles. The normalized spacial score (nSPS) is 10.4. The molecule has 0 bridgehead atoms. The molecule has 0 aliphatic rings. The van der Waals surface area contributed by atoms with Gasteiger partial charge in [-0.1, -0.05) is 42.5 Å². The molecule has 4 heteroatoms. The lowest BCUT2D eigenvalue weighted by Gasteiger charge is -2.05. The second kappa shape index (κ2) is 6.38. The van der Waals surface area contributed by atoms with Crippen LogP contribution >= 0.6 is 11.8 Å². The third-order valence-corrected chi connectivity index (χ3v) is 3.62. The summed E-state index contributed by atoms with van der Waals surface area (Å²) < 4.78 is 13.6. The number of carbonyl (C=O) groups is 1. The zero-order valence-corrected chi connectivity index (χ0v) is 11.0. The van der Waals surface area contributed by atoms with Crippen molar-refractivity contribution in [1.29, 1.82) is 0 Å². The van der Waals surface area contributed by atoms with E-state index in [0.29, 0.717) is 11.3 Å². The van der Waals surface area contributed by atoms with Crippen molar-refractivity contribution in [2.24, 2.45) is 0 Å². The highest BCUT2D eigenvalue weighted by atomic mass is 32.2. The predicted octanol–water partition coefficient (Wildman–Crippen LogP) is 3.81. The minimum absolute atomic E-state index is 0.0923. The number of thioether (sulfide) groups is 1. The highest BCUT2D eigenvalue weighted by Gasteiger charge is 2.04. The van der Waals surface area contributed by atoms with Crippen molar-refractivity contribution in [2.45, 2.75) is 5.75 Å². The summed E-state index contributed by atoms with van der Waals surface area (Å²) in [5, 5.41) is 8.55. The molecule has 2 aromatic rings. The van der Waals surface area contributed by atoms with Gasteiger partial charge < -0.3 is 5.11 Å². The zero-order chi connectivity index (χ0) is 13.7. The van der Waals surface area contributed by atoms with E-state index in [9.17, 15) is 9.18 Å². The predicted molar refractivity (Wildman–Crippen MR) is 75.6 cm³/mol. The summed E-state index contributed by atoms with van der Waals surface area (Å²) in [6.45, 7) is 0. The molecule has 0 saturated carbocycles. The van der Waals surface area contributed by atoms with Crippen LogP contribution in [-0.4, -0.2) is 16.8 Å². The molecule has 0 unspecified atom stereocenters. The first-order valence-corrected chi connectivity index (χ1v) is 6.95. The molecule has 2 nitrogen and oxygen atoms in total. The lowest BCUT2D eigenvalue weighted by Crippen LogP contribution is -1.98. The molecular formula is C15H13FO2S. The SMILES string of the molecule is O=C(O)CSCc1ccc(-c2ccccc2F)cc1. The minimum atomic E-state index is -0.812. The standard InChI is InChI=1S/C15H13FO2S/c16-14-4-2-1-3-13(14)12-7-5-11(6-8-12)9-19-10-15(17)18/h1-8H,9-10H2,(H,17,18). The quantitative estimate of drug-likeness (QED) is 0.902. The van der Waals surface area contributed by atoms with Gasteiger partial charge in [-0.05, 0) is 17.2 Å². The molecule has 0 saturated heterocycles. The summed E-state index contributed by atoms with van der Waals surface area (Å²) in [5.41, 5.74) is 2.43. The number of halogens is 1. The van der Waals surface area contributed by atoms with E-state index in [4.69, 9.17) is 5.11 Å². The van der Waals surface area contributed by atoms with Crippen molar-refractivity contribution in [3.05, 3.63) is 59.9 Å². The number of hydrogen-bond donors (Lipinski definition) is 1. The van der Waals surface area contributed by atoms with Crippen LogP contribution < -0.4 is 0 Å². The van der Waals surface area contributed by atoms with Gasteiger partial charge in [0, 0.05) is 11.3 Å². The van der Waals surface area contributed by atoms with Gasteiger partial charge in [-0.25, -0.2) is 4.39 Å². The molecule has 0 heterocycles. The first-order valence-electron chi connectivity index (χ1n) is 5.80. The maximum atomic E-state index is 13.6.